The first-order valence-electron chi connectivity index (χ1n) is 30.2. The molecule has 17 aliphatic heterocycles. The fourth-order valence-electron chi connectivity index (χ4n) is 17.8. The highest BCUT2D eigenvalue weighted by atomic mass is 16.8. The number of carbonyl (C=O) groups excluding carboxylic acids is 1. The second-order valence-corrected chi connectivity index (χ2v) is 26.7. The van der Waals surface area contributed by atoms with Gasteiger partial charge in [0.25, 0.3) is 0 Å². The van der Waals surface area contributed by atoms with E-state index in [-0.39, 0.29) is 105 Å². The molecule has 23 nitrogen and oxygen atoms in total. The van der Waals surface area contributed by atoms with Gasteiger partial charge in [-0.3, -0.25) is 4.79 Å². The third-order valence-corrected chi connectivity index (χ3v) is 21.7. The van der Waals surface area contributed by atoms with Gasteiger partial charge in [0.15, 0.2) is 17.7 Å². The van der Waals surface area contributed by atoms with Gasteiger partial charge >= 0.3 is 5.97 Å². The van der Waals surface area contributed by atoms with Crippen LogP contribution in [0.1, 0.15) is 116 Å². The molecule has 0 aromatic carbocycles. The number of rotatable bonds is 2. The van der Waals surface area contributed by atoms with Crippen molar-refractivity contribution < 1.29 is 101 Å². The number of carbonyl (C=O) groups is 1. The predicted octanol–water partition coefficient (Wildman–Crippen LogP) is 0.371. The van der Waals surface area contributed by atoms with E-state index in [4.69, 9.17) is 87.3 Å². The predicted molar refractivity (Wildman–Crippen MR) is 267 cm³/mol. The molecule has 0 aromatic heterocycles. The quantitative estimate of drug-likeness (QED) is 0.161. The van der Waals surface area contributed by atoms with Gasteiger partial charge in [-0.25, -0.2) is 0 Å². The molecule has 8 N–H and O–H groups in total. The van der Waals surface area contributed by atoms with Crippen LogP contribution in [0, 0.1) is 5.92 Å². The molecule has 80 heavy (non-hydrogen) atoms. The minimum atomic E-state index is -2.04. The summed E-state index contributed by atoms with van der Waals surface area (Å²) in [6.07, 6.45) is -4.43. The third kappa shape index (κ3) is 8.63. The first-order valence-corrected chi connectivity index (χ1v) is 30.2. The van der Waals surface area contributed by atoms with Crippen LogP contribution in [0.25, 0.3) is 0 Å². The molecule has 32 atom stereocenters. The Bertz CT molecular complexity index is 2450. The molecule has 0 amide bonds. The van der Waals surface area contributed by atoms with Crippen LogP contribution in [0.2, 0.25) is 0 Å². The van der Waals surface area contributed by atoms with E-state index < -0.39 is 115 Å². The summed E-state index contributed by atoms with van der Waals surface area (Å²) in [5, 5.41) is 43.9. The van der Waals surface area contributed by atoms with E-state index in [1.165, 1.54) is 0 Å². The molecule has 12 bridgehead atoms. The highest BCUT2D eigenvalue weighted by Crippen LogP contribution is 2.59. The zero-order valence-electron chi connectivity index (χ0n) is 45.1. The molecule has 4 unspecified atom stereocenters. The maximum absolute atomic E-state index is 14.4. The maximum Gasteiger partial charge on any atom is 0.308 e. The summed E-state index contributed by atoms with van der Waals surface area (Å²) in [6.45, 7) is 8.77. The molecule has 17 saturated heterocycles. The van der Waals surface area contributed by atoms with Gasteiger partial charge in [-0.1, -0.05) is 13.2 Å². The standard InChI is InChI=1S/C57H80N2O21/c1-23-11-27-7-10-56-53(63)57(64)52(80-56)51-50(79-57)49(78-56)48-34(72-51)6-4-26(68-48)13-45(62)71-39-15-37-38(69-36(39)14-35-24(2)29(58)12-25(67-35)3-5-32(23)66-27)16-40-43(70-37)19-55(75-40)20-44-33(74-55)8-9-54(77-44)18-30(59)47-42(76-54)17-41-46(73-47)28(22-65-41)31(61)21-60/h25-44,46-53,60-61,63-64H,1-22,58-59H2/t25-,26+,27-,28+,29+,30-,31-,32-,33-,34-,35+,36-,37?,38-,39+,40+,41+,42-,43?,44-,46+,47-,48-,49-,50-,51+,52?,53-,54-,55-,56+,57?/m0/s1. The summed E-state index contributed by atoms with van der Waals surface area (Å²) in [4.78, 5) is 14.4. The topological polar surface area (TPSA) is 298 Å². The second-order valence-electron chi connectivity index (χ2n) is 26.7. The number of esters is 1. The van der Waals surface area contributed by atoms with Gasteiger partial charge in [0.2, 0.25) is 11.6 Å². The number of aliphatic hydroxyl groups excluding tert-OH is 3. The first-order chi connectivity index (χ1) is 38.5. The van der Waals surface area contributed by atoms with Gasteiger partial charge < -0.3 is 108 Å². The lowest BCUT2D eigenvalue weighted by Gasteiger charge is -2.53. The molecule has 17 aliphatic rings. The summed E-state index contributed by atoms with van der Waals surface area (Å²) in [5.41, 5.74) is 15.5. The SMILES string of the molecule is C=C1C[C@@H]2CC[C@]34OC5[C@@H]6O[C@H]7CC[C@H](CC(=O)O[C@@H]8CC9OC%10C[C@@]%11(C[C@@H]%12O[C@@]%13(CC[C@@H]%12O%11)C[C@H](N)[C@@H]%11O[C@@H]%12[C@@H]([C@@H](O)CO)CO[C@@H]%12C[C@@H]%11O%13)O[C@@H]%10C[C@@H]9O[C@H]8C[C@H]8O[C@@H](CC[C@@H]1O2)C[C@@H](N)C8=C)O[C@@H]7[C@H](O3)[C@@H]6OC5(O)[C@H]4O. The Labute approximate surface area is 464 Å². The van der Waals surface area contributed by atoms with Crippen LogP contribution < -0.4 is 11.5 Å². The minimum Gasteiger partial charge on any atom is -0.459 e. The summed E-state index contributed by atoms with van der Waals surface area (Å²) in [6, 6.07) is -0.703. The molecular weight excluding hydrogens is 1050 g/mol. The smallest absolute Gasteiger partial charge is 0.308 e. The average molecular weight is 1130 g/mol. The molecule has 0 saturated carbocycles. The molecule has 3 spiro atoms. The van der Waals surface area contributed by atoms with Gasteiger partial charge in [0.1, 0.15) is 36.6 Å². The number of ether oxygens (including phenoxy) is 16. The Kier molecular flexibility index (Phi) is 13.1. The number of aliphatic hydroxyl groups is 4. The van der Waals surface area contributed by atoms with Crippen LogP contribution >= 0.6 is 0 Å². The second kappa shape index (κ2) is 19.6. The van der Waals surface area contributed by atoms with Crippen molar-refractivity contribution in [2.45, 2.75) is 303 Å². The first kappa shape index (κ1) is 53.6. The van der Waals surface area contributed by atoms with Crippen molar-refractivity contribution in [1.29, 1.82) is 0 Å². The van der Waals surface area contributed by atoms with Crippen molar-refractivity contribution in [3.63, 3.8) is 0 Å². The fourth-order valence-corrected chi connectivity index (χ4v) is 17.8. The van der Waals surface area contributed by atoms with E-state index in [1.54, 1.807) is 0 Å². The van der Waals surface area contributed by atoms with Crippen LogP contribution in [0.3, 0.4) is 0 Å². The largest absolute Gasteiger partial charge is 0.459 e. The lowest BCUT2D eigenvalue weighted by atomic mass is 9.82. The van der Waals surface area contributed by atoms with E-state index in [0.717, 1.165) is 11.1 Å². The Morgan fingerprint density at radius 1 is 0.562 bits per heavy atom. The van der Waals surface area contributed by atoms with Gasteiger partial charge in [-0.2, -0.15) is 0 Å². The lowest BCUT2D eigenvalue weighted by Crippen LogP contribution is -2.65. The highest BCUT2D eigenvalue weighted by Gasteiger charge is 2.79. The van der Waals surface area contributed by atoms with Crippen LogP contribution in [0.4, 0.5) is 0 Å². The van der Waals surface area contributed by atoms with E-state index in [9.17, 15) is 25.2 Å². The number of hydrogen-bond acceptors (Lipinski definition) is 23. The van der Waals surface area contributed by atoms with Gasteiger partial charge in [-0.15, -0.1) is 0 Å². The van der Waals surface area contributed by atoms with Crippen molar-refractivity contribution in [3.8, 4) is 0 Å². The summed E-state index contributed by atoms with van der Waals surface area (Å²) in [5.74, 6) is -6.32. The van der Waals surface area contributed by atoms with Crippen molar-refractivity contribution >= 4 is 5.97 Å². The average Bonchev–Trinajstić information content (AvgIpc) is 2.56. The molecule has 444 valence electrons. The molecular formula is C57H80N2O21. The Hall–Kier alpha value is -1.89. The van der Waals surface area contributed by atoms with E-state index in [0.29, 0.717) is 109 Å². The third-order valence-electron chi connectivity index (χ3n) is 21.7. The van der Waals surface area contributed by atoms with E-state index >= 15 is 0 Å². The Morgan fingerprint density at radius 3 is 2.15 bits per heavy atom. The zero-order chi connectivity index (χ0) is 54.4. The number of hydrogen-bond donors (Lipinski definition) is 6. The molecule has 0 aliphatic carbocycles. The lowest BCUT2D eigenvalue weighted by molar-refractivity contribution is -0.356. The monoisotopic (exact) mass is 1130 g/mol. The van der Waals surface area contributed by atoms with Gasteiger partial charge in [-0.05, 0) is 62.5 Å². The molecule has 0 radical (unpaired) electrons. The molecule has 17 fully saturated rings. The van der Waals surface area contributed by atoms with Crippen LogP contribution in [-0.4, -0.2) is 227 Å². The highest BCUT2D eigenvalue weighted by molar-refractivity contribution is 5.70. The van der Waals surface area contributed by atoms with E-state index in [2.05, 4.69) is 13.2 Å². The summed E-state index contributed by atoms with van der Waals surface area (Å²) < 4.78 is 107. The molecule has 17 rings (SSSR count). The summed E-state index contributed by atoms with van der Waals surface area (Å²) >= 11 is 0. The van der Waals surface area contributed by atoms with Crippen LogP contribution in [0.15, 0.2) is 24.3 Å². The Balaban J connectivity index is 0.619. The maximum atomic E-state index is 14.4. The van der Waals surface area contributed by atoms with Gasteiger partial charge in [0.05, 0.1) is 130 Å². The van der Waals surface area contributed by atoms with Crippen LogP contribution in [0.5, 0.6) is 0 Å². The fraction of sp³-hybridized carbons (Fsp3) is 0.912. The van der Waals surface area contributed by atoms with Crippen LogP contribution in [-0.2, 0) is 80.6 Å². The number of fused-ring (bicyclic) bond motifs is 11. The molecule has 0 aromatic rings. The molecule has 23 heteroatoms. The summed E-state index contributed by atoms with van der Waals surface area (Å²) in [7, 11) is 0. The normalized spacial score (nSPS) is 58.9. The zero-order valence-corrected chi connectivity index (χ0v) is 45.1. The van der Waals surface area contributed by atoms with Crippen molar-refractivity contribution in [2.75, 3.05) is 13.2 Å². The van der Waals surface area contributed by atoms with Gasteiger partial charge in [0, 0.05) is 75.8 Å². The van der Waals surface area contributed by atoms with Crippen molar-refractivity contribution in [3.05, 3.63) is 24.3 Å². The van der Waals surface area contributed by atoms with Crippen molar-refractivity contribution in [1.82, 2.24) is 0 Å². The van der Waals surface area contributed by atoms with Crippen molar-refractivity contribution in [2.24, 2.45) is 17.4 Å². The van der Waals surface area contributed by atoms with E-state index in [1.807, 2.05) is 0 Å². The Morgan fingerprint density at radius 2 is 1.29 bits per heavy atom. The number of nitrogens with two attached hydrogens (primary N) is 2. The minimum absolute atomic E-state index is 0.0497. The molecule has 17 heterocycles.